The van der Waals surface area contributed by atoms with Gasteiger partial charge in [0.1, 0.15) is 16.3 Å². The largest absolute Gasteiger partial charge is 0.505 e. The van der Waals surface area contributed by atoms with Crippen molar-refractivity contribution >= 4 is 122 Å². The van der Waals surface area contributed by atoms with E-state index in [2.05, 4.69) is 44.5 Å². The number of aromatic hydroxyl groups is 2. The van der Waals surface area contributed by atoms with Crippen LogP contribution in [0, 0.1) is 0 Å². The van der Waals surface area contributed by atoms with Gasteiger partial charge in [0.2, 0.25) is 0 Å². The summed E-state index contributed by atoms with van der Waals surface area (Å²) in [6.45, 7) is 0. The number of benzene rings is 8. The van der Waals surface area contributed by atoms with Gasteiger partial charge in [0.15, 0.2) is 11.5 Å². The Morgan fingerprint density at radius 2 is 1.02 bits per heavy atom. The molecule has 320 valence electrons. The molecule has 0 spiro atoms. The van der Waals surface area contributed by atoms with Gasteiger partial charge >= 0.3 is 0 Å². The molecule has 0 aliphatic heterocycles. The quantitative estimate of drug-likeness (QED) is 0.0175. The van der Waals surface area contributed by atoms with Crippen LogP contribution in [0.5, 0.6) is 11.5 Å². The third-order valence-electron chi connectivity index (χ3n) is 9.40. The number of rotatable bonds is 14. The SMILES string of the molecule is O=S(=O)(O)c1ccc2cc(N=Nc3c(S(=O)(=O)O)cc4cc(Nc5ccc6c(O)c(N=Nc7ccc8cc(SOOO)ccc8c7)c(SOOO)cc6c5)ccc4c3O)ccc2c1. The van der Waals surface area contributed by atoms with Crippen LogP contribution >= 0.6 is 24.1 Å². The summed E-state index contributed by atoms with van der Waals surface area (Å²) >= 11 is 1.38. The van der Waals surface area contributed by atoms with Crippen LogP contribution in [0.4, 0.5) is 34.1 Å². The number of hydrogen-bond acceptors (Lipinski definition) is 19. The molecule has 7 N–H and O–H groups in total. The lowest BCUT2D eigenvalue weighted by Gasteiger charge is -2.13. The topological polar surface area (TPSA) is 288 Å². The van der Waals surface area contributed by atoms with E-state index in [0.717, 1.165) is 28.9 Å². The predicted octanol–water partition coefficient (Wildman–Crippen LogP) is 11.6. The van der Waals surface area contributed by atoms with Crippen molar-refractivity contribution in [3.63, 3.8) is 0 Å². The summed E-state index contributed by atoms with van der Waals surface area (Å²) in [6.07, 6.45) is 0. The highest BCUT2D eigenvalue weighted by Crippen LogP contribution is 2.46. The zero-order valence-electron chi connectivity index (χ0n) is 31.4. The van der Waals surface area contributed by atoms with Gasteiger partial charge < -0.3 is 15.5 Å². The average Bonchev–Trinajstić information content (AvgIpc) is 3.25. The van der Waals surface area contributed by atoms with Gasteiger partial charge in [-0.3, -0.25) is 9.11 Å². The third kappa shape index (κ3) is 9.54. The maximum atomic E-state index is 12.6. The van der Waals surface area contributed by atoms with Crippen molar-refractivity contribution in [1.29, 1.82) is 0 Å². The highest BCUT2D eigenvalue weighted by Gasteiger charge is 2.23. The van der Waals surface area contributed by atoms with Gasteiger partial charge in [-0.2, -0.15) is 27.1 Å². The molecule has 8 aromatic rings. The highest BCUT2D eigenvalue weighted by atomic mass is 32.2. The smallest absolute Gasteiger partial charge is 0.296 e. The maximum Gasteiger partial charge on any atom is 0.296 e. The van der Waals surface area contributed by atoms with Crippen molar-refractivity contribution < 1.29 is 65.4 Å². The minimum Gasteiger partial charge on any atom is -0.505 e. The molecule has 0 radical (unpaired) electrons. The summed E-state index contributed by atoms with van der Waals surface area (Å²) < 4.78 is 76.9. The Kier molecular flexibility index (Phi) is 12.3. The Bertz CT molecular complexity index is 3410. The molecule has 0 aromatic heterocycles. The molecule has 0 atom stereocenters. The molecule has 0 saturated carbocycles. The van der Waals surface area contributed by atoms with E-state index in [1.807, 2.05) is 6.07 Å². The van der Waals surface area contributed by atoms with Crippen molar-refractivity contribution in [3.05, 3.63) is 121 Å². The second-order valence-corrected chi connectivity index (χ2v) is 17.7. The summed E-state index contributed by atoms with van der Waals surface area (Å²) in [5.41, 5.74) is 1.07. The number of phenolic OH excluding ortho intramolecular Hbond substituents is 2. The Hall–Kier alpha value is -6.32. The van der Waals surface area contributed by atoms with Gasteiger partial charge in [-0.05, 0) is 129 Å². The minimum absolute atomic E-state index is 0.00951. The van der Waals surface area contributed by atoms with Crippen LogP contribution in [0.2, 0.25) is 0 Å². The lowest BCUT2D eigenvalue weighted by Crippen LogP contribution is -1.99. The molecular formula is C40H27N5O14S4. The van der Waals surface area contributed by atoms with E-state index in [9.17, 15) is 36.2 Å². The lowest BCUT2D eigenvalue weighted by atomic mass is 10.1. The predicted molar refractivity (Wildman–Crippen MR) is 232 cm³/mol. The first-order chi connectivity index (χ1) is 30.2. The van der Waals surface area contributed by atoms with E-state index in [-0.39, 0.29) is 37.7 Å². The molecule has 0 amide bonds. The number of azo groups is 2. The molecule has 0 fully saturated rings. The van der Waals surface area contributed by atoms with Crippen LogP contribution < -0.4 is 5.32 Å². The lowest BCUT2D eigenvalue weighted by molar-refractivity contribution is -0.432. The number of phenols is 2. The van der Waals surface area contributed by atoms with E-state index >= 15 is 0 Å². The van der Waals surface area contributed by atoms with Crippen molar-refractivity contribution in [2.24, 2.45) is 20.5 Å². The summed E-state index contributed by atoms with van der Waals surface area (Å²) in [5, 5.41) is 71.1. The summed E-state index contributed by atoms with van der Waals surface area (Å²) in [6, 6.07) is 31.3. The van der Waals surface area contributed by atoms with Gasteiger partial charge in [0.05, 0.1) is 45.3 Å². The van der Waals surface area contributed by atoms with Crippen LogP contribution in [0.15, 0.2) is 161 Å². The molecule has 0 saturated heterocycles. The molecule has 0 unspecified atom stereocenters. The Balaban J connectivity index is 1.07. The Labute approximate surface area is 363 Å². The summed E-state index contributed by atoms with van der Waals surface area (Å²) in [4.78, 5) is -0.145. The third-order valence-corrected chi connectivity index (χ3v) is 12.3. The van der Waals surface area contributed by atoms with Gasteiger partial charge in [0.25, 0.3) is 20.2 Å². The van der Waals surface area contributed by atoms with Gasteiger partial charge in [-0.15, -0.1) is 18.9 Å². The molecule has 23 heteroatoms. The molecular weight excluding hydrogens is 903 g/mol. The number of anilines is 2. The second kappa shape index (κ2) is 17.8. The van der Waals surface area contributed by atoms with E-state index in [1.54, 1.807) is 60.7 Å². The molecule has 0 aliphatic rings. The zero-order valence-corrected chi connectivity index (χ0v) is 34.7. The number of nitrogens with zero attached hydrogens (tertiary/aromatic N) is 4. The molecule has 8 aromatic carbocycles. The fourth-order valence-electron chi connectivity index (χ4n) is 6.56. The first-order valence-electron chi connectivity index (χ1n) is 17.7. The minimum atomic E-state index is -4.96. The normalized spacial score (nSPS) is 12.4. The first-order valence-corrected chi connectivity index (χ1v) is 22.1. The van der Waals surface area contributed by atoms with Crippen molar-refractivity contribution in [2.75, 3.05) is 5.32 Å². The monoisotopic (exact) mass is 929 g/mol. The van der Waals surface area contributed by atoms with E-state index in [0.29, 0.717) is 55.5 Å². The molecule has 0 aliphatic carbocycles. The first kappa shape index (κ1) is 43.3. The number of nitrogens with one attached hydrogen (secondary N) is 1. The van der Waals surface area contributed by atoms with Crippen molar-refractivity contribution in [2.45, 2.75) is 19.6 Å². The fraction of sp³-hybridized carbons (Fsp3) is 0. The van der Waals surface area contributed by atoms with Crippen molar-refractivity contribution in [3.8, 4) is 11.5 Å². The molecule has 0 heterocycles. The number of hydrogen-bond donors (Lipinski definition) is 7. The Morgan fingerprint density at radius 1 is 0.492 bits per heavy atom. The van der Waals surface area contributed by atoms with Gasteiger partial charge in [-0.1, -0.05) is 34.3 Å². The second-order valence-electron chi connectivity index (χ2n) is 13.3. The van der Waals surface area contributed by atoms with Crippen LogP contribution in [0.3, 0.4) is 0 Å². The molecule has 0 bridgehead atoms. The van der Waals surface area contributed by atoms with Gasteiger partial charge in [-0.25, -0.2) is 10.5 Å². The summed E-state index contributed by atoms with van der Waals surface area (Å²) in [7, 11) is -9.39. The summed E-state index contributed by atoms with van der Waals surface area (Å²) in [5.74, 6) is -0.848. The Morgan fingerprint density at radius 3 is 1.62 bits per heavy atom. The fourth-order valence-corrected chi connectivity index (χ4v) is 8.64. The van der Waals surface area contributed by atoms with Crippen LogP contribution in [-0.4, -0.2) is 46.7 Å². The maximum absolute atomic E-state index is 12.6. The average molecular weight is 930 g/mol. The molecule has 63 heavy (non-hydrogen) atoms. The van der Waals surface area contributed by atoms with Crippen molar-refractivity contribution in [1.82, 2.24) is 0 Å². The molecule has 19 nitrogen and oxygen atoms in total. The molecule has 8 rings (SSSR count). The van der Waals surface area contributed by atoms with Crippen LogP contribution in [0.25, 0.3) is 43.1 Å². The van der Waals surface area contributed by atoms with E-state index in [1.165, 1.54) is 48.5 Å². The van der Waals surface area contributed by atoms with Gasteiger partial charge in [0, 0.05) is 27.0 Å². The van der Waals surface area contributed by atoms with E-state index < -0.39 is 36.6 Å². The van der Waals surface area contributed by atoms with E-state index in [4.69, 9.17) is 10.5 Å². The standard InChI is InChI=1S/C40H27N5O14S4/c46-39-33-11-7-27(15-25(33)19-35(61-59-57-49)37(39)44-42-29-5-1-23-17-31(60-58-56-48)9-3-21(23)13-29)41-28-8-12-34-26(16-28)20-36(63(53,54)55)38(40(34)47)45-43-30-6-2-24-18-32(62(50,51)52)10-4-22(24)14-30/h1-20,41,46-49H,(H,50,51,52)(H,53,54,55). The zero-order chi connectivity index (χ0) is 44.5. The van der Waals surface area contributed by atoms with Crippen LogP contribution in [0.1, 0.15) is 0 Å². The number of fused-ring (bicyclic) bond motifs is 4. The van der Waals surface area contributed by atoms with Crippen LogP contribution in [-0.2, 0) is 39.0 Å². The highest BCUT2D eigenvalue weighted by molar-refractivity contribution is 7.95.